The highest BCUT2D eigenvalue weighted by atomic mass is 35.5. The summed E-state index contributed by atoms with van der Waals surface area (Å²) in [5.74, 6) is 1.13. The lowest BCUT2D eigenvalue weighted by Gasteiger charge is -2.03. The number of benzene rings is 2. The van der Waals surface area contributed by atoms with Crippen molar-refractivity contribution in [2.45, 2.75) is 4.90 Å². The van der Waals surface area contributed by atoms with Gasteiger partial charge in [0.1, 0.15) is 11.5 Å². The zero-order valence-electron chi connectivity index (χ0n) is 12.6. The van der Waals surface area contributed by atoms with Gasteiger partial charge in [-0.15, -0.1) is 0 Å². The van der Waals surface area contributed by atoms with Crippen molar-refractivity contribution in [1.29, 1.82) is 0 Å². The Morgan fingerprint density at radius 3 is 2.44 bits per heavy atom. The second-order valence-corrected chi connectivity index (χ2v) is 7.69. The van der Waals surface area contributed by atoms with Gasteiger partial charge in [0.05, 0.1) is 20.0 Å². The average Bonchev–Trinajstić information content (AvgIpc) is 3.17. The Balaban J connectivity index is 1.67. The lowest BCUT2D eigenvalue weighted by Crippen LogP contribution is -1.93. The molecule has 3 aromatic rings. The van der Waals surface area contributed by atoms with E-state index in [1.165, 1.54) is 11.8 Å². The minimum atomic E-state index is 0.00567. The van der Waals surface area contributed by atoms with E-state index in [0.29, 0.717) is 37.1 Å². The van der Waals surface area contributed by atoms with Gasteiger partial charge in [0.25, 0.3) is 0 Å². The molecule has 0 atom stereocenters. The molecule has 2 heterocycles. The van der Waals surface area contributed by atoms with E-state index >= 15 is 0 Å². The lowest BCUT2D eigenvalue weighted by molar-refractivity contribution is 0.104. The maximum atomic E-state index is 12.4. The summed E-state index contributed by atoms with van der Waals surface area (Å²) in [4.78, 5) is 14.0. The first-order chi connectivity index (χ1) is 12.0. The maximum Gasteiger partial charge on any atom is 0.200 e. The molecule has 0 fully saturated rings. The zero-order chi connectivity index (χ0) is 17.6. The van der Waals surface area contributed by atoms with Crippen LogP contribution in [0.1, 0.15) is 16.1 Å². The number of carbonyl (C=O) groups excluding carboxylic acids is 1. The van der Waals surface area contributed by atoms with Gasteiger partial charge in [-0.1, -0.05) is 58.7 Å². The van der Waals surface area contributed by atoms with Crippen molar-refractivity contribution in [1.82, 2.24) is 0 Å². The van der Waals surface area contributed by atoms with E-state index in [9.17, 15) is 4.79 Å². The predicted molar refractivity (Wildman–Crippen MR) is 104 cm³/mol. The molecule has 0 radical (unpaired) electrons. The molecular formula is C19H9Cl3O2S. The van der Waals surface area contributed by atoms with Crippen LogP contribution in [0.5, 0.6) is 0 Å². The second-order valence-electron chi connectivity index (χ2n) is 5.38. The van der Waals surface area contributed by atoms with Crippen molar-refractivity contribution < 1.29 is 9.21 Å². The monoisotopic (exact) mass is 406 g/mol. The number of allylic oxidation sites excluding steroid dienone is 1. The normalized spacial score (nSPS) is 15.0. The van der Waals surface area contributed by atoms with Crippen LogP contribution in [0.3, 0.4) is 0 Å². The second kappa shape index (κ2) is 6.58. The summed E-state index contributed by atoms with van der Waals surface area (Å²) in [6.07, 6.45) is 1.74. The molecule has 1 aliphatic rings. The van der Waals surface area contributed by atoms with Crippen molar-refractivity contribution in [3.63, 3.8) is 0 Å². The summed E-state index contributed by atoms with van der Waals surface area (Å²) < 4.78 is 5.83. The van der Waals surface area contributed by atoms with Crippen LogP contribution >= 0.6 is 46.6 Å². The molecule has 0 N–H and O–H groups in total. The van der Waals surface area contributed by atoms with E-state index in [2.05, 4.69) is 0 Å². The third-order valence-corrected chi connectivity index (χ3v) is 5.88. The van der Waals surface area contributed by atoms with Crippen molar-refractivity contribution in [3.05, 3.63) is 79.8 Å². The fraction of sp³-hybridized carbons (Fsp3) is 0. The van der Waals surface area contributed by atoms with Crippen LogP contribution in [0.15, 0.2) is 62.7 Å². The van der Waals surface area contributed by atoms with Gasteiger partial charge in [0, 0.05) is 16.0 Å². The summed E-state index contributed by atoms with van der Waals surface area (Å²) in [5.41, 5.74) is 1.37. The minimum Gasteiger partial charge on any atom is -0.457 e. The standard InChI is InChI=1S/C19H9Cl3O2S/c20-13-9-15(22)14(21)8-12(13)16-6-5-10(24-16)7-18-19(23)11-3-1-2-4-17(11)25-18/h1-9H/b18-7-. The Labute approximate surface area is 163 Å². The fourth-order valence-corrected chi connectivity index (χ4v) is 4.22. The quantitative estimate of drug-likeness (QED) is 0.331. The summed E-state index contributed by atoms with van der Waals surface area (Å²) in [5, 5.41) is 1.23. The van der Waals surface area contributed by atoms with Crippen LogP contribution in [0, 0.1) is 0 Å². The number of ketones is 1. The highest BCUT2D eigenvalue weighted by Gasteiger charge is 2.25. The molecule has 124 valence electrons. The molecule has 0 saturated heterocycles. The number of halogens is 3. The van der Waals surface area contributed by atoms with E-state index in [1.54, 1.807) is 30.3 Å². The Hall–Kier alpha value is -1.65. The number of thioether (sulfide) groups is 1. The smallest absolute Gasteiger partial charge is 0.200 e. The Kier molecular flexibility index (Phi) is 4.42. The van der Waals surface area contributed by atoms with Gasteiger partial charge >= 0.3 is 0 Å². The molecule has 0 unspecified atom stereocenters. The molecule has 6 heteroatoms. The highest BCUT2D eigenvalue weighted by Crippen LogP contribution is 2.41. The van der Waals surface area contributed by atoms with E-state index in [1.807, 2.05) is 24.3 Å². The molecule has 1 aliphatic heterocycles. The van der Waals surface area contributed by atoms with Crippen LogP contribution in [0.25, 0.3) is 17.4 Å². The average molecular weight is 408 g/mol. The van der Waals surface area contributed by atoms with Crippen LogP contribution in [-0.2, 0) is 0 Å². The highest BCUT2D eigenvalue weighted by molar-refractivity contribution is 8.04. The lowest BCUT2D eigenvalue weighted by atomic mass is 10.1. The Bertz CT molecular complexity index is 1040. The summed E-state index contributed by atoms with van der Waals surface area (Å²) in [6, 6.07) is 14.3. The van der Waals surface area contributed by atoms with E-state index < -0.39 is 0 Å². The minimum absolute atomic E-state index is 0.00567. The largest absolute Gasteiger partial charge is 0.457 e. The molecule has 0 bridgehead atoms. The first kappa shape index (κ1) is 16.8. The van der Waals surface area contributed by atoms with Gasteiger partial charge in [0.2, 0.25) is 5.78 Å². The SMILES string of the molecule is O=C1/C(=C/c2ccc(-c3cc(Cl)c(Cl)cc3Cl)o2)Sc2ccccc21. The van der Waals surface area contributed by atoms with Gasteiger partial charge in [-0.2, -0.15) is 0 Å². The summed E-state index contributed by atoms with van der Waals surface area (Å²) in [7, 11) is 0. The first-order valence-corrected chi connectivity index (χ1v) is 9.26. The number of hydrogen-bond donors (Lipinski definition) is 0. The molecule has 2 nitrogen and oxygen atoms in total. The predicted octanol–water partition coefficient (Wildman–Crippen LogP) is 7.24. The van der Waals surface area contributed by atoms with Crippen molar-refractivity contribution >= 4 is 58.4 Å². The van der Waals surface area contributed by atoms with Crippen molar-refractivity contribution in [3.8, 4) is 11.3 Å². The molecule has 0 amide bonds. The fourth-order valence-electron chi connectivity index (χ4n) is 2.55. The number of Topliss-reactive ketones (excluding diaryl/α,β-unsaturated/α-hetero) is 1. The molecular weight excluding hydrogens is 399 g/mol. The van der Waals surface area contributed by atoms with Crippen LogP contribution in [0.2, 0.25) is 15.1 Å². The van der Waals surface area contributed by atoms with Crippen LogP contribution in [0.4, 0.5) is 0 Å². The van der Waals surface area contributed by atoms with Crippen LogP contribution in [-0.4, -0.2) is 5.78 Å². The van der Waals surface area contributed by atoms with Gasteiger partial charge < -0.3 is 4.42 Å². The van der Waals surface area contributed by atoms with Crippen LogP contribution < -0.4 is 0 Å². The first-order valence-electron chi connectivity index (χ1n) is 7.31. The zero-order valence-corrected chi connectivity index (χ0v) is 15.6. The molecule has 0 spiro atoms. The molecule has 1 aromatic heterocycles. The molecule has 0 aliphatic carbocycles. The van der Waals surface area contributed by atoms with Gasteiger partial charge in [-0.05, 0) is 42.5 Å². The molecule has 4 rings (SSSR count). The summed E-state index contributed by atoms with van der Waals surface area (Å²) in [6.45, 7) is 0. The van der Waals surface area contributed by atoms with E-state index in [4.69, 9.17) is 39.2 Å². The Morgan fingerprint density at radius 1 is 0.880 bits per heavy atom. The van der Waals surface area contributed by atoms with E-state index in [0.717, 1.165) is 10.5 Å². The topological polar surface area (TPSA) is 30.2 Å². The maximum absolute atomic E-state index is 12.4. The van der Waals surface area contributed by atoms with Crippen molar-refractivity contribution in [2.75, 3.05) is 0 Å². The number of hydrogen-bond acceptors (Lipinski definition) is 3. The molecule has 25 heavy (non-hydrogen) atoms. The third kappa shape index (κ3) is 3.13. The third-order valence-electron chi connectivity index (χ3n) is 3.75. The van der Waals surface area contributed by atoms with Crippen molar-refractivity contribution in [2.24, 2.45) is 0 Å². The molecule has 2 aromatic carbocycles. The van der Waals surface area contributed by atoms with E-state index in [-0.39, 0.29) is 5.78 Å². The number of rotatable bonds is 2. The molecule has 0 saturated carbocycles. The van der Waals surface area contributed by atoms with Gasteiger partial charge in [-0.25, -0.2) is 0 Å². The number of carbonyl (C=O) groups is 1. The van der Waals surface area contributed by atoms with Gasteiger partial charge in [-0.3, -0.25) is 4.79 Å². The number of fused-ring (bicyclic) bond motifs is 1. The number of furan rings is 1. The van der Waals surface area contributed by atoms with Gasteiger partial charge in [0.15, 0.2) is 0 Å². The Morgan fingerprint density at radius 2 is 1.64 bits per heavy atom. The summed E-state index contributed by atoms with van der Waals surface area (Å²) >= 11 is 19.7.